The van der Waals surface area contributed by atoms with E-state index in [0.717, 1.165) is 17.8 Å². The lowest BCUT2D eigenvalue weighted by atomic mass is 10.1. The molecule has 0 aliphatic heterocycles. The second kappa shape index (κ2) is 16.0. The first-order valence-corrected chi connectivity index (χ1v) is 14.2. The first kappa shape index (κ1) is 31.9. The average molecular weight is 593 g/mol. The highest BCUT2D eigenvalue weighted by Crippen LogP contribution is 2.41. The quantitative estimate of drug-likeness (QED) is 0.111. The second-order valence-corrected chi connectivity index (χ2v) is 9.32. The first-order valence-electron chi connectivity index (χ1n) is 13.4. The molecule has 0 fully saturated rings. The Morgan fingerprint density at radius 3 is 1.86 bits per heavy atom. The second-order valence-electron chi connectivity index (χ2n) is 8.27. The number of esters is 4. The van der Waals surface area contributed by atoms with Gasteiger partial charge in [-0.3, -0.25) is 0 Å². The molecule has 0 aliphatic carbocycles. The van der Waals surface area contributed by atoms with E-state index in [-0.39, 0.29) is 42.6 Å². The molecule has 0 bridgehead atoms. The number of rotatable bonds is 13. The van der Waals surface area contributed by atoms with E-state index in [9.17, 15) is 19.2 Å². The Labute approximate surface area is 248 Å². The van der Waals surface area contributed by atoms with Crippen molar-refractivity contribution in [2.45, 2.75) is 27.7 Å². The minimum absolute atomic E-state index is 0.0361. The standard InChI is InChI=1S/C31H32N2O8S/c1-5-38-25(34)19-24(30(36)40-7-3)42-28(22-17-13-10-14-18-22)27(21-15-11-9-12-16-21)33-20-23(29(35)39-6-2)26(32-33)31(37)41-8-4/h9-20H,5-8H2,1-4H3/b24-19-,28-27-. The SMILES string of the molecule is CCOC(=O)/C=C(\S/C(=C(/c1ccccc1)n1cc(C(=O)OCC)c(C(=O)OCC)n1)c1ccccc1)C(=O)OCC. The Morgan fingerprint density at radius 2 is 1.29 bits per heavy atom. The molecule has 0 spiro atoms. The van der Waals surface area contributed by atoms with Crippen LogP contribution in [0.4, 0.5) is 0 Å². The Kier molecular flexibility index (Phi) is 12.1. The molecule has 3 aromatic rings. The van der Waals surface area contributed by atoms with Crippen molar-refractivity contribution in [1.29, 1.82) is 0 Å². The molecule has 0 aliphatic rings. The van der Waals surface area contributed by atoms with Gasteiger partial charge in [-0.25, -0.2) is 23.9 Å². The largest absolute Gasteiger partial charge is 0.463 e. The van der Waals surface area contributed by atoms with Crippen molar-refractivity contribution in [2.75, 3.05) is 26.4 Å². The predicted octanol–water partition coefficient (Wildman–Crippen LogP) is 5.35. The summed E-state index contributed by atoms with van der Waals surface area (Å²) in [5.41, 5.74) is 1.39. The van der Waals surface area contributed by atoms with Gasteiger partial charge in [-0.05, 0) is 33.3 Å². The van der Waals surface area contributed by atoms with Gasteiger partial charge in [0.05, 0.1) is 32.1 Å². The van der Waals surface area contributed by atoms with Crippen LogP contribution in [0.3, 0.4) is 0 Å². The third-order valence-corrected chi connectivity index (χ3v) is 6.57. The molecule has 10 nitrogen and oxygen atoms in total. The molecule has 11 heteroatoms. The molecule has 0 radical (unpaired) electrons. The summed E-state index contributed by atoms with van der Waals surface area (Å²) in [7, 11) is 0. The van der Waals surface area contributed by atoms with E-state index in [1.807, 2.05) is 60.7 Å². The smallest absolute Gasteiger partial charge is 0.359 e. The summed E-state index contributed by atoms with van der Waals surface area (Å²) in [5, 5.41) is 4.48. The lowest BCUT2D eigenvalue weighted by molar-refractivity contribution is -0.140. The van der Waals surface area contributed by atoms with Gasteiger partial charge in [0, 0.05) is 22.7 Å². The molecule has 3 rings (SSSR count). The van der Waals surface area contributed by atoms with Crippen LogP contribution in [-0.4, -0.2) is 60.1 Å². The van der Waals surface area contributed by atoms with Crippen LogP contribution in [0.1, 0.15) is 59.7 Å². The number of thioether (sulfide) groups is 1. The van der Waals surface area contributed by atoms with Crippen molar-refractivity contribution < 1.29 is 38.1 Å². The van der Waals surface area contributed by atoms with Crippen molar-refractivity contribution in [2.24, 2.45) is 0 Å². The zero-order valence-corrected chi connectivity index (χ0v) is 24.6. The Morgan fingerprint density at radius 1 is 0.738 bits per heavy atom. The number of ether oxygens (including phenoxy) is 4. The van der Waals surface area contributed by atoms with Gasteiger partial charge in [-0.15, -0.1) is 0 Å². The summed E-state index contributed by atoms with van der Waals surface area (Å²) < 4.78 is 22.0. The zero-order valence-electron chi connectivity index (χ0n) is 23.8. The van der Waals surface area contributed by atoms with Gasteiger partial charge in [0.2, 0.25) is 0 Å². The third kappa shape index (κ3) is 8.20. The maximum atomic E-state index is 13.0. The van der Waals surface area contributed by atoms with E-state index in [4.69, 9.17) is 18.9 Å². The summed E-state index contributed by atoms with van der Waals surface area (Å²) in [6.45, 7) is 6.97. The molecule has 0 saturated heterocycles. The number of hydrogen-bond acceptors (Lipinski definition) is 10. The van der Waals surface area contributed by atoms with E-state index < -0.39 is 23.9 Å². The van der Waals surface area contributed by atoms with E-state index in [0.29, 0.717) is 21.7 Å². The van der Waals surface area contributed by atoms with E-state index in [1.165, 1.54) is 10.9 Å². The fraction of sp³-hybridized carbons (Fsp3) is 0.258. The molecular weight excluding hydrogens is 560 g/mol. The number of carbonyl (C=O) groups is 4. The number of carbonyl (C=O) groups excluding carboxylic acids is 4. The van der Waals surface area contributed by atoms with Gasteiger partial charge in [0.25, 0.3) is 0 Å². The lowest BCUT2D eigenvalue weighted by Crippen LogP contribution is -2.13. The van der Waals surface area contributed by atoms with E-state index >= 15 is 0 Å². The fourth-order valence-electron chi connectivity index (χ4n) is 3.73. The minimum atomic E-state index is -0.796. The van der Waals surface area contributed by atoms with Crippen molar-refractivity contribution in [3.8, 4) is 0 Å². The van der Waals surface area contributed by atoms with Crippen LogP contribution in [0.2, 0.25) is 0 Å². The van der Waals surface area contributed by atoms with Crippen LogP contribution >= 0.6 is 11.8 Å². The molecular formula is C31H32N2O8S. The maximum absolute atomic E-state index is 13.0. The van der Waals surface area contributed by atoms with Gasteiger partial charge in [0.1, 0.15) is 10.5 Å². The first-order chi connectivity index (χ1) is 20.3. The van der Waals surface area contributed by atoms with Gasteiger partial charge in [-0.1, -0.05) is 72.4 Å². The van der Waals surface area contributed by atoms with E-state index in [1.54, 1.807) is 27.7 Å². The number of nitrogens with zero attached hydrogens (tertiary/aromatic N) is 2. The minimum Gasteiger partial charge on any atom is -0.463 e. The zero-order chi connectivity index (χ0) is 30.5. The third-order valence-electron chi connectivity index (χ3n) is 5.43. The van der Waals surface area contributed by atoms with Crippen molar-refractivity contribution in [1.82, 2.24) is 9.78 Å². The molecule has 0 unspecified atom stereocenters. The van der Waals surface area contributed by atoms with Crippen LogP contribution in [0.5, 0.6) is 0 Å². The predicted molar refractivity (Wildman–Crippen MR) is 158 cm³/mol. The highest BCUT2D eigenvalue weighted by atomic mass is 32.2. The number of hydrogen-bond donors (Lipinski definition) is 0. The lowest BCUT2D eigenvalue weighted by Gasteiger charge is -2.17. The molecule has 42 heavy (non-hydrogen) atoms. The highest BCUT2D eigenvalue weighted by molar-refractivity contribution is 8.12. The fourth-order valence-corrected chi connectivity index (χ4v) is 4.81. The summed E-state index contributed by atoms with van der Waals surface area (Å²) in [6.07, 6.45) is 2.46. The molecule has 0 saturated carbocycles. The highest BCUT2D eigenvalue weighted by Gasteiger charge is 2.28. The molecule has 1 aromatic heterocycles. The molecule has 0 amide bonds. The van der Waals surface area contributed by atoms with Crippen LogP contribution < -0.4 is 0 Å². The summed E-state index contributed by atoms with van der Waals surface area (Å²) in [5.74, 6) is -2.98. The van der Waals surface area contributed by atoms with Crippen LogP contribution in [0.25, 0.3) is 10.6 Å². The summed E-state index contributed by atoms with van der Waals surface area (Å²) >= 11 is 0.968. The van der Waals surface area contributed by atoms with Crippen molar-refractivity contribution in [3.63, 3.8) is 0 Å². The molecule has 2 aromatic carbocycles. The van der Waals surface area contributed by atoms with Gasteiger partial charge in [-0.2, -0.15) is 5.10 Å². The molecule has 0 N–H and O–H groups in total. The number of benzene rings is 2. The van der Waals surface area contributed by atoms with Crippen LogP contribution in [0, 0.1) is 0 Å². The average Bonchev–Trinajstić information content (AvgIpc) is 3.43. The normalized spacial score (nSPS) is 11.8. The summed E-state index contributed by atoms with van der Waals surface area (Å²) in [4.78, 5) is 51.7. The summed E-state index contributed by atoms with van der Waals surface area (Å²) in [6, 6.07) is 18.2. The maximum Gasteiger partial charge on any atom is 0.359 e. The molecule has 0 atom stereocenters. The van der Waals surface area contributed by atoms with E-state index in [2.05, 4.69) is 5.10 Å². The van der Waals surface area contributed by atoms with Gasteiger partial charge in [0.15, 0.2) is 5.69 Å². The van der Waals surface area contributed by atoms with Crippen LogP contribution in [-0.2, 0) is 28.5 Å². The Bertz CT molecular complexity index is 1430. The molecule has 220 valence electrons. The van der Waals surface area contributed by atoms with Crippen LogP contribution in [0.15, 0.2) is 77.8 Å². The Hall–Kier alpha value is -4.64. The monoisotopic (exact) mass is 592 g/mol. The van der Waals surface area contributed by atoms with Crippen molar-refractivity contribution in [3.05, 3.63) is 100 Å². The van der Waals surface area contributed by atoms with Gasteiger partial charge < -0.3 is 18.9 Å². The topological polar surface area (TPSA) is 123 Å². The van der Waals surface area contributed by atoms with Gasteiger partial charge >= 0.3 is 23.9 Å². The number of aromatic nitrogens is 2. The van der Waals surface area contributed by atoms with Crippen molar-refractivity contribution >= 4 is 46.2 Å². The molecule has 1 heterocycles. The Balaban J connectivity index is 2.39.